The smallest absolute Gasteiger partial charge is 0.0522 e. The van der Waals surface area contributed by atoms with E-state index < -0.39 is 0 Å². The minimum Gasteiger partial charge on any atom is -0.395 e. The number of aliphatic hydroxyl groups excluding tert-OH is 1. The lowest BCUT2D eigenvalue weighted by Gasteiger charge is -2.22. The highest BCUT2D eigenvalue weighted by molar-refractivity contribution is 6.08. The summed E-state index contributed by atoms with van der Waals surface area (Å²) < 4.78 is 2.35. The van der Waals surface area contributed by atoms with Gasteiger partial charge in [-0.1, -0.05) is 38.1 Å². The maximum atomic E-state index is 9.58. The number of benzene rings is 2. The molecule has 0 atom stereocenters. The molecule has 1 aromatic heterocycles. The van der Waals surface area contributed by atoms with Crippen molar-refractivity contribution in [2.45, 2.75) is 32.7 Å². The lowest BCUT2D eigenvalue weighted by atomic mass is 9.85. The first-order chi connectivity index (χ1) is 9.58. The van der Waals surface area contributed by atoms with Gasteiger partial charge >= 0.3 is 0 Å². The van der Waals surface area contributed by atoms with Crippen LogP contribution in [0.5, 0.6) is 0 Å². The predicted molar refractivity (Wildman–Crippen MR) is 85.2 cm³/mol. The summed E-state index contributed by atoms with van der Waals surface area (Å²) in [6, 6.07) is 15.1. The van der Waals surface area contributed by atoms with Gasteiger partial charge in [0.25, 0.3) is 0 Å². The van der Waals surface area contributed by atoms with Crippen LogP contribution in [0.2, 0.25) is 0 Å². The zero-order chi connectivity index (χ0) is 14.3. The van der Waals surface area contributed by atoms with E-state index in [-0.39, 0.29) is 12.0 Å². The van der Waals surface area contributed by atoms with Crippen LogP contribution in [0.3, 0.4) is 0 Å². The Balaban J connectivity index is 2.37. The second-order valence-corrected chi connectivity index (χ2v) is 6.04. The molecule has 1 heterocycles. The number of nitrogens with zero attached hydrogens (tertiary/aromatic N) is 1. The van der Waals surface area contributed by atoms with Gasteiger partial charge in [0.05, 0.1) is 6.61 Å². The third-order valence-corrected chi connectivity index (χ3v) is 4.27. The van der Waals surface area contributed by atoms with Gasteiger partial charge in [0, 0.05) is 33.8 Å². The summed E-state index contributed by atoms with van der Waals surface area (Å²) in [4.78, 5) is 0. The fourth-order valence-corrected chi connectivity index (χ4v) is 2.91. The number of aromatic nitrogens is 1. The largest absolute Gasteiger partial charge is 0.395 e. The molecule has 0 saturated heterocycles. The van der Waals surface area contributed by atoms with E-state index in [0.717, 1.165) is 6.54 Å². The predicted octanol–water partition coefficient (Wildman–Crippen LogP) is 4.08. The second-order valence-electron chi connectivity index (χ2n) is 6.04. The molecule has 104 valence electrons. The van der Waals surface area contributed by atoms with Gasteiger partial charge in [-0.15, -0.1) is 0 Å². The molecule has 0 aliphatic rings. The summed E-state index contributed by atoms with van der Waals surface area (Å²) in [6.45, 7) is 7.45. The number of aryl methyl sites for hydroxylation is 1. The van der Waals surface area contributed by atoms with Crippen molar-refractivity contribution in [3.8, 4) is 0 Å². The number of hydrogen-bond acceptors (Lipinski definition) is 1. The summed E-state index contributed by atoms with van der Waals surface area (Å²) in [6.07, 6.45) is 0. The van der Waals surface area contributed by atoms with Crippen molar-refractivity contribution in [1.82, 2.24) is 4.57 Å². The summed E-state index contributed by atoms with van der Waals surface area (Å²) in [5.74, 6) is 0. The second kappa shape index (κ2) is 4.64. The Morgan fingerprint density at radius 3 is 2.40 bits per heavy atom. The van der Waals surface area contributed by atoms with Crippen molar-refractivity contribution in [2.24, 2.45) is 0 Å². The summed E-state index contributed by atoms with van der Waals surface area (Å²) in [5.41, 5.74) is 3.53. The van der Waals surface area contributed by atoms with Crippen molar-refractivity contribution in [1.29, 1.82) is 0 Å². The quantitative estimate of drug-likeness (QED) is 0.760. The number of hydrogen-bond donors (Lipinski definition) is 1. The zero-order valence-electron chi connectivity index (χ0n) is 12.4. The molecule has 2 heteroatoms. The summed E-state index contributed by atoms with van der Waals surface area (Å²) >= 11 is 0. The van der Waals surface area contributed by atoms with Gasteiger partial charge < -0.3 is 9.67 Å². The van der Waals surface area contributed by atoms with E-state index in [1.165, 1.54) is 27.4 Å². The molecule has 0 aliphatic carbocycles. The summed E-state index contributed by atoms with van der Waals surface area (Å²) in [5, 5.41) is 12.1. The Labute approximate surface area is 119 Å². The van der Waals surface area contributed by atoms with Crippen molar-refractivity contribution < 1.29 is 5.11 Å². The van der Waals surface area contributed by atoms with Crippen LogP contribution in [0.25, 0.3) is 21.8 Å². The Hall–Kier alpha value is -1.80. The van der Waals surface area contributed by atoms with Gasteiger partial charge in [0.1, 0.15) is 0 Å². The Morgan fingerprint density at radius 1 is 1.00 bits per heavy atom. The molecule has 0 amide bonds. The van der Waals surface area contributed by atoms with Crippen LogP contribution in [0.4, 0.5) is 0 Å². The molecule has 20 heavy (non-hydrogen) atoms. The number of para-hydroxylation sites is 1. The van der Waals surface area contributed by atoms with Gasteiger partial charge in [0.15, 0.2) is 0 Å². The highest BCUT2D eigenvalue weighted by Gasteiger charge is 2.20. The lowest BCUT2D eigenvalue weighted by molar-refractivity contribution is 0.218. The molecule has 0 unspecified atom stereocenters. The summed E-state index contributed by atoms with van der Waals surface area (Å²) in [7, 11) is 0. The Bertz CT molecular complexity index is 768. The van der Waals surface area contributed by atoms with Crippen LogP contribution >= 0.6 is 0 Å². The number of rotatable bonds is 3. The SMILES string of the molecule is CCn1c2ccccc2c2cc(C(C)(C)CO)ccc21. The van der Waals surface area contributed by atoms with Gasteiger partial charge in [-0.2, -0.15) is 0 Å². The van der Waals surface area contributed by atoms with Gasteiger partial charge in [-0.25, -0.2) is 0 Å². The van der Waals surface area contributed by atoms with E-state index >= 15 is 0 Å². The van der Waals surface area contributed by atoms with Crippen molar-refractivity contribution in [2.75, 3.05) is 6.61 Å². The van der Waals surface area contributed by atoms with E-state index in [9.17, 15) is 5.11 Å². The number of aliphatic hydroxyl groups is 1. The van der Waals surface area contributed by atoms with E-state index in [4.69, 9.17) is 0 Å². The average Bonchev–Trinajstić information content (AvgIpc) is 2.80. The van der Waals surface area contributed by atoms with Crippen LogP contribution in [0, 0.1) is 0 Å². The van der Waals surface area contributed by atoms with Crippen LogP contribution in [0.1, 0.15) is 26.3 Å². The first kappa shape index (κ1) is 13.2. The van der Waals surface area contributed by atoms with E-state index in [2.05, 4.69) is 67.8 Å². The molecule has 0 saturated carbocycles. The van der Waals surface area contributed by atoms with Crippen LogP contribution in [-0.4, -0.2) is 16.3 Å². The zero-order valence-corrected chi connectivity index (χ0v) is 12.4. The third-order valence-electron chi connectivity index (χ3n) is 4.27. The molecule has 3 aromatic rings. The topological polar surface area (TPSA) is 25.2 Å². The minimum absolute atomic E-state index is 0.158. The molecule has 0 spiro atoms. The van der Waals surface area contributed by atoms with Crippen LogP contribution < -0.4 is 0 Å². The third kappa shape index (κ3) is 1.83. The van der Waals surface area contributed by atoms with Crippen molar-refractivity contribution in [3.05, 3.63) is 48.0 Å². The van der Waals surface area contributed by atoms with Crippen LogP contribution in [-0.2, 0) is 12.0 Å². The minimum atomic E-state index is -0.205. The fraction of sp³-hybridized carbons (Fsp3) is 0.333. The number of fused-ring (bicyclic) bond motifs is 3. The van der Waals surface area contributed by atoms with Gasteiger partial charge in [-0.3, -0.25) is 0 Å². The molecule has 3 rings (SSSR count). The first-order valence-corrected chi connectivity index (χ1v) is 7.21. The molecule has 0 bridgehead atoms. The van der Waals surface area contributed by atoms with Crippen LogP contribution in [0.15, 0.2) is 42.5 Å². The highest BCUT2D eigenvalue weighted by Crippen LogP contribution is 2.32. The highest BCUT2D eigenvalue weighted by atomic mass is 16.3. The van der Waals surface area contributed by atoms with E-state index in [0.29, 0.717) is 0 Å². The molecule has 2 aromatic carbocycles. The molecule has 1 N–H and O–H groups in total. The lowest BCUT2D eigenvalue weighted by Crippen LogP contribution is -2.21. The molecule has 0 radical (unpaired) electrons. The monoisotopic (exact) mass is 267 g/mol. The molecule has 0 fully saturated rings. The van der Waals surface area contributed by atoms with Gasteiger partial charge in [0.2, 0.25) is 0 Å². The normalized spacial score (nSPS) is 12.4. The molecular formula is C18H21NO. The first-order valence-electron chi connectivity index (χ1n) is 7.21. The standard InChI is InChI=1S/C18H21NO/c1-4-19-16-8-6-5-7-14(16)15-11-13(9-10-17(15)19)18(2,3)12-20/h5-11,20H,4,12H2,1-3H3. The fourth-order valence-electron chi connectivity index (χ4n) is 2.91. The maximum Gasteiger partial charge on any atom is 0.0522 e. The van der Waals surface area contributed by atoms with Crippen molar-refractivity contribution in [3.63, 3.8) is 0 Å². The molecule has 2 nitrogen and oxygen atoms in total. The van der Waals surface area contributed by atoms with Gasteiger partial charge in [-0.05, 0) is 30.7 Å². The van der Waals surface area contributed by atoms with E-state index in [1.807, 2.05) is 0 Å². The van der Waals surface area contributed by atoms with Crippen molar-refractivity contribution >= 4 is 21.8 Å². The molecular weight excluding hydrogens is 246 g/mol. The Morgan fingerprint density at radius 2 is 1.70 bits per heavy atom. The van der Waals surface area contributed by atoms with E-state index in [1.54, 1.807) is 0 Å². The Kier molecular flexibility index (Phi) is 3.06. The molecule has 0 aliphatic heterocycles. The average molecular weight is 267 g/mol. The maximum absolute atomic E-state index is 9.58.